The molecule has 0 aliphatic heterocycles. The van der Waals surface area contributed by atoms with Gasteiger partial charge in [-0.2, -0.15) is 0 Å². The summed E-state index contributed by atoms with van der Waals surface area (Å²) in [6, 6.07) is 4.77. The molecule has 2 nitrogen and oxygen atoms in total. The minimum absolute atomic E-state index is 0.267. The molecule has 0 bridgehead atoms. The second-order valence-corrected chi connectivity index (χ2v) is 4.85. The van der Waals surface area contributed by atoms with Crippen LogP contribution in [0.4, 0.5) is 4.39 Å². The fourth-order valence-electron chi connectivity index (χ4n) is 1.62. The van der Waals surface area contributed by atoms with Gasteiger partial charge in [0.1, 0.15) is 5.82 Å². The lowest BCUT2D eigenvalue weighted by Crippen LogP contribution is -2.12. The summed E-state index contributed by atoms with van der Waals surface area (Å²) in [6.45, 7) is 3.28. The fourth-order valence-corrected chi connectivity index (χ4v) is 2.03. The monoisotopic (exact) mass is 304 g/mol. The van der Waals surface area contributed by atoms with E-state index >= 15 is 0 Å². The van der Waals surface area contributed by atoms with E-state index in [0.29, 0.717) is 31.6 Å². The van der Waals surface area contributed by atoms with Gasteiger partial charge >= 0.3 is 0 Å². The van der Waals surface area contributed by atoms with Crippen LogP contribution in [0, 0.1) is 5.82 Å². The molecule has 4 heteroatoms. The minimum Gasteiger partial charge on any atom is -0.393 e. The van der Waals surface area contributed by atoms with Gasteiger partial charge in [0.15, 0.2) is 0 Å². The molecule has 0 saturated heterocycles. The molecule has 0 aliphatic carbocycles. The van der Waals surface area contributed by atoms with Gasteiger partial charge in [-0.25, -0.2) is 4.39 Å². The Morgan fingerprint density at radius 2 is 2.24 bits per heavy atom. The summed E-state index contributed by atoms with van der Waals surface area (Å²) in [5.41, 5.74) is 0.545. The Hall–Kier alpha value is -0.450. The molecule has 1 N–H and O–H groups in total. The molecule has 0 saturated carbocycles. The molecule has 1 atom stereocenters. The third-order valence-electron chi connectivity index (χ3n) is 2.49. The van der Waals surface area contributed by atoms with Crippen LogP contribution in [-0.2, 0) is 11.2 Å². The highest BCUT2D eigenvalue weighted by atomic mass is 79.9. The summed E-state index contributed by atoms with van der Waals surface area (Å²) < 4.78 is 19.4. The van der Waals surface area contributed by atoms with Crippen molar-refractivity contribution in [3.63, 3.8) is 0 Å². The summed E-state index contributed by atoms with van der Waals surface area (Å²) in [4.78, 5) is 0. The normalized spacial score (nSPS) is 12.7. The Labute approximate surface area is 110 Å². The van der Waals surface area contributed by atoms with Crippen LogP contribution in [0.5, 0.6) is 0 Å². The third kappa shape index (κ3) is 5.61. The zero-order valence-corrected chi connectivity index (χ0v) is 11.5. The molecule has 0 aromatic heterocycles. The molecule has 1 aromatic rings. The molecule has 0 fully saturated rings. The van der Waals surface area contributed by atoms with Gasteiger partial charge in [0.25, 0.3) is 0 Å². The maximum absolute atomic E-state index is 13.4. The van der Waals surface area contributed by atoms with Gasteiger partial charge in [-0.05, 0) is 43.5 Å². The summed E-state index contributed by atoms with van der Waals surface area (Å²) in [7, 11) is 0. The van der Waals surface area contributed by atoms with E-state index in [1.165, 1.54) is 6.07 Å². The first-order valence-electron chi connectivity index (χ1n) is 5.83. The Balaban J connectivity index is 2.39. The first-order valence-corrected chi connectivity index (χ1v) is 6.62. The van der Waals surface area contributed by atoms with Gasteiger partial charge in [-0.1, -0.05) is 15.9 Å². The molecular formula is C13H18BrFO2. The van der Waals surface area contributed by atoms with Crippen molar-refractivity contribution in [1.82, 2.24) is 0 Å². The first-order chi connectivity index (χ1) is 8.13. The quantitative estimate of drug-likeness (QED) is 0.783. The van der Waals surface area contributed by atoms with E-state index in [4.69, 9.17) is 4.74 Å². The standard InChI is InChI=1S/C13H18BrFO2/c1-2-17-7-3-4-12(16)9-10-8-11(14)5-6-13(10)15/h5-6,8,12,16H,2-4,7,9H2,1H3. The number of rotatable bonds is 7. The maximum atomic E-state index is 13.4. The van der Waals surface area contributed by atoms with Crippen LogP contribution in [0.1, 0.15) is 25.3 Å². The maximum Gasteiger partial charge on any atom is 0.126 e. The zero-order valence-electron chi connectivity index (χ0n) is 9.96. The van der Waals surface area contributed by atoms with Gasteiger partial charge < -0.3 is 9.84 Å². The summed E-state index contributed by atoms with van der Waals surface area (Å²) in [6.07, 6.45) is 1.26. The Morgan fingerprint density at radius 1 is 1.47 bits per heavy atom. The van der Waals surface area contributed by atoms with Crippen molar-refractivity contribution in [3.05, 3.63) is 34.1 Å². The lowest BCUT2D eigenvalue weighted by Gasteiger charge is -2.11. The largest absolute Gasteiger partial charge is 0.393 e. The summed E-state index contributed by atoms with van der Waals surface area (Å²) in [5, 5.41) is 9.78. The van der Waals surface area contributed by atoms with Crippen molar-refractivity contribution >= 4 is 15.9 Å². The van der Waals surface area contributed by atoms with Crippen LogP contribution in [0.2, 0.25) is 0 Å². The molecular weight excluding hydrogens is 287 g/mol. The Kier molecular flexibility index (Phi) is 6.70. The molecule has 1 rings (SSSR count). The number of benzene rings is 1. The molecule has 1 aromatic carbocycles. The average Bonchev–Trinajstić information content (AvgIpc) is 2.29. The predicted molar refractivity (Wildman–Crippen MR) is 69.5 cm³/mol. The lowest BCUT2D eigenvalue weighted by atomic mass is 10.0. The second-order valence-electron chi connectivity index (χ2n) is 3.93. The molecule has 0 heterocycles. The van der Waals surface area contributed by atoms with E-state index in [1.807, 2.05) is 6.92 Å². The number of hydrogen-bond donors (Lipinski definition) is 1. The number of aliphatic hydroxyl groups excluding tert-OH is 1. The predicted octanol–water partition coefficient (Wildman–Crippen LogP) is 3.31. The minimum atomic E-state index is -0.515. The molecule has 17 heavy (non-hydrogen) atoms. The Morgan fingerprint density at radius 3 is 2.94 bits per heavy atom. The van der Waals surface area contributed by atoms with E-state index in [0.717, 1.165) is 10.9 Å². The number of aliphatic hydroxyl groups is 1. The number of hydrogen-bond acceptors (Lipinski definition) is 2. The highest BCUT2D eigenvalue weighted by Gasteiger charge is 2.09. The lowest BCUT2D eigenvalue weighted by molar-refractivity contribution is 0.114. The van der Waals surface area contributed by atoms with Crippen molar-refractivity contribution in [3.8, 4) is 0 Å². The molecule has 0 amide bonds. The van der Waals surface area contributed by atoms with Crippen LogP contribution in [0.25, 0.3) is 0 Å². The van der Waals surface area contributed by atoms with E-state index < -0.39 is 6.10 Å². The average molecular weight is 305 g/mol. The van der Waals surface area contributed by atoms with Gasteiger partial charge in [0.05, 0.1) is 6.10 Å². The van der Waals surface area contributed by atoms with E-state index in [9.17, 15) is 9.50 Å². The van der Waals surface area contributed by atoms with Crippen molar-refractivity contribution < 1.29 is 14.2 Å². The highest BCUT2D eigenvalue weighted by molar-refractivity contribution is 9.10. The SMILES string of the molecule is CCOCCCC(O)Cc1cc(Br)ccc1F. The fraction of sp³-hybridized carbons (Fsp3) is 0.538. The van der Waals surface area contributed by atoms with Gasteiger partial charge in [-0.15, -0.1) is 0 Å². The number of halogens is 2. The third-order valence-corrected chi connectivity index (χ3v) is 2.99. The van der Waals surface area contributed by atoms with Crippen LogP contribution in [-0.4, -0.2) is 24.4 Å². The number of ether oxygens (including phenoxy) is 1. The van der Waals surface area contributed by atoms with Gasteiger partial charge in [-0.3, -0.25) is 0 Å². The van der Waals surface area contributed by atoms with E-state index in [-0.39, 0.29) is 5.82 Å². The molecule has 0 spiro atoms. The molecule has 96 valence electrons. The zero-order chi connectivity index (χ0) is 12.7. The topological polar surface area (TPSA) is 29.5 Å². The van der Waals surface area contributed by atoms with Crippen molar-refractivity contribution in [1.29, 1.82) is 0 Å². The van der Waals surface area contributed by atoms with E-state index in [1.54, 1.807) is 12.1 Å². The van der Waals surface area contributed by atoms with Crippen molar-refractivity contribution in [2.45, 2.75) is 32.3 Å². The summed E-state index contributed by atoms with van der Waals surface area (Å²) in [5.74, 6) is -0.267. The first kappa shape index (κ1) is 14.6. The summed E-state index contributed by atoms with van der Waals surface area (Å²) >= 11 is 3.29. The van der Waals surface area contributed by atoms with Crippen molar-refractivity contribution in [2.75, 3.05) is 13.2 Å². The van der Waals surface area contributed by atoms with Crippen LogP contribution >= 0.6 is 15.9 Å². The van der Waals surface area contributed by atoms with Gasteiger partial charge in [0.2, 0.25) is 0 Å². The van der Waals surface area contributed by atoms with Crippen molar-refractivity contribution in [2.24, 2.45) is 0 Å². The van der Waals surface area contributed by atoms with E-state index in [2.05, 4.69) is 15.9 Å². The molecule has 1 unspecified atom stereocenters. The smallest absolute Gasteiger partial charge is 0.126 e. The van der Waals surface area contributed by atoms with Crippen LogP contribution in [0.3, 0.4) is 0 Å². The highest BCUT2D eigenvalue weighted by Crippen LogP contribution is 2.18. The van der Waals surface area contributed by atoms with Crippen LogP contribution in [0.15, 0.2) is 22.7 Å². The van der Waals surface area contributed by atoms with Gasteiger partial charge in [0, 0.05) is 24.1 Å². The molecule has 0 radical (unpaired) electrons. The second kappa shape index (κ2) is 7.80. The Bertz CT molecular complexity index is 344. The van der Waals surface area contributed by atoms with Crippen LogP contribution < -0.4 is 0 Å². The molecule has 0 aliphatic rings.